The van der Waals surface area contributed by atoms with E-state index in [4.69, 9.17) is 5.73 Å². The molecule has 1 amide bonds. The summed E-state index contributed by atoms with van der Waals surface area (Å²) in [6.45, 7) is 0.465. The highest BCUT2D eigenvalue weighted by Crippen LogP contribution is 2.32. The molecule has 1 saturated carbocycles. The van der Waals surface area contributed by atoms with Crippen molar-refractivity contribution in [2.45, 2.75) is 18.9 Å². The van der Waals surface area contributed by atoms with Crippen LogP contribution in [0.1, 0.15) is 23.2 Å². The zero-order valence-electron chi connectivity index (χ0n) is 9.32. The third-order valence-electron chi connectivity index (χ3n) is 2.97. The van der Waals surface area contributed by atoms with E-state index in [1.807, 2.05) is 22.6 Å². The Morgan fingerprint density at radius 3 is 2.82 bits per heavy atom. The van der Waals surface area contributed by atoms with Crippen molar-refractivity contribution in [2.24, 2.45) is 11.7 Å². The summed E-state index contributed by atoms with van der Waals surface area (Å²) in [4.78, 5) is 11.9. The number of aromatic hydroxyl groups is 1. The van der Waals surface area contributed by atoms with E-state index in [1.54, 1.807) is 12.1 Å². The summed E-state index contributed by atoms with van der Waals surface area (Å²) in [6, 6.07) is 4.97. The maximum Gasteiger partial charge on any atom is 0.251 e. The summed E-state index contributed by atoms with van der Waals surface area (Å²) >= 11 is 2.02. The molecule has 0 spiro atoms. The van der Waals surface area contributed by atoms with Crippen molar-refractivity contribution >= 4 is 28.5 Å². The molecule has 1 aromatic rings. The highest BCUT2D eigenvalue weighted by Gasteiger charge is 2.31. The fourth-order valence-corrected chi connectivity index (χ4v) is 2.11. The van der Waals surface area contributed by atoms with Gasteiger partial charge in [-0.3, -0.25) is 4.79 Å². The summed E-state index contributed by atoms with van der Waals surface area (Å²) < 4.78 is 0.733. The standard InChI is InChI=1S/C12H15IN2O2/c13-9-4-3-8(5-11(9)16)12(17)15-10(6-14)7-1-2-7/h3-5,7,10,16H,1-2,6,14H2,(H,15,17). The molecule has 92 valence electrons. The Bertz CT molecular complexity index is 433. The van der Waals surface area contributed by atoms with E-state index in [1.165, 1.54) is 6.07 Å². The van der Waals surface area contributed by atoms with E-state index in [-0.39, 0.29) is 17.7 Å². The minimum absolute atomic E-state index is 0.0592. The van der Waals surface area contributed by atoms with Crippen LogP contribution in [0.3, 0.4) is 0 Å². The second-order valence-electron chi connectivity index (χ2n) is 4.32. The second kappa shape index (κ2) is 5.22. The van der Waals surface area contributed by atoms with Crippen molar-refractivity contribution in [1.82, 2.24) is 5.32 Å². The van der Waals surface area contributed by atoms with Crippen molar-refractivity contribution in [3.8, 4) is 5.75 Å². The number of carbonyl (C=O) groups excluding carboxylic acids is 1. The van der Waals surface area contributed by atoms with Gasteiger partial charge in [-0.05, 0) is 59.5 Å². The summed E-state index contributed by atoms with van der Waals surface area (Å²) in [7, 11) is 0. The summed E-state index contributed by atoms with van der Waals surface area (Å²) in [5.41, 5.74) is 6.10. The fourth-order valence-electron chi connectivity index (χ4n) is 1.77. The first kappa shape index (κ1) is 12.6. The van der Waals surface area contributed by atoms with Crippen LogP contribution in [0.25, 0.3) is 0 Å². The molecule has 1 unspecified atom stereocenters. The number of hydrogen-bond acceptors (Lipinski definition) is 3. The number of hydrogen-bond donors (Lipinski definition) is 3. The molecule has 0 radical (unpaired) electrons. The first-order valence-electron chi connectivity index (χ1n) is 5.61. The normalized spacial score (nSPS) is 16.6. The Morgan fingerprint density at radius 2 is 2.29 bits per heavy atom. The predicted octanol–water partition coefficient (Wildman–Crippen LogP) is 1.46. The van der Waals surface area contributed by atoms with E-state index in [0.29, 0.717) is 18.0 Å². The number of rotatable bonds is 4. The SMILES string of the molecule is NCC(NC(=O)c1ccc(I)c(O)c1)C1CC1. The molecule has 1 aliphatic carbocycles. The third-order valence-corrected chi connectivity index (χ3v) is 3.88. The number of carbonyl (C=O) groups is 1. The number of amides is 1. The summed E-state index contributed by atoms with van der Waals surface area (Å²) in [5, 5.41) is 12.5. The summed E-state index contributed by atoms with van der Waals surface area (Å²) in [6.07, 6.45) is 2.28. The maximum atomic E-state index is 11.9. The smallest absolute Gasteiger partial charge is 0.251 e. The van der Waals surface area contributed by atoms with Crippen LogP contribution in [-0.4, -0.2) is 23.6 Å². The lowest BCUT2D eigenvalue weighted by molar-refractivity contribution is 0.0933. The maximum absolute atomic E-state index is 11.9. The van der Waals surface area contributed by atoms with Gasteiger partial charge in [-0.2, -0.15) is 0 Å². The van der Waals surface area contributed by atoms with Gasteiger partial charge < -0.3 is 16.2 Å². The van der Waals surface area contributed by atoms with Crippen LogP contribution >= 0.6 is 22.6 Å². The molecule has 1 aromatic carbocycles. The first-order chi connectivity index (χ1) is 8.11. The second-order valence-corrected chi connectivity index (χ2v) is 5.48. The molecule has 1 atom stereocenters. The van der Waals surface area contributed by atoms with Gasteiger partial charge in [0.1, 0.15) is 5.75 Å². The van der Waals surface area contributed by atoms with Crippen LogP contribution < -0.4 is 11.1 Å². The number of nitrogens with one attached hydrogen (secondary N) is 1. The van der Waals surface area contributed by atoms with Crippen LogP contribution in [0.4, 0.5) is 0 Å². The lowest BCUT2D eigenvalue weighted by atomic mass is 10.1. The molecule has 17 heavy (non-hydrogen) atoms. The van der Waals surface area contributed by atoms with Crippen molar-refractivity contribution in [1.29, 1.82) is 0 Å². The molecular formula is C12H15IN2O2. The van der Waals surface area contributed by atoms with Crippen LogP contribution in [0.5, 0.6) is 5.75 Å². The largest absolute Gasteiger partial charge is 0.507 e. The molecule has 1 aliphatic rings. The van der Waals surface area contributed by atoms with Gasteiger partial charge in [0, 0.05) is 18.2 Å². The van der Waals surface area contributed by atoms with Gasteiger partial charge in [0.25, 0.3) is 5.91 Å². The molecule has 5 heteroatoms. The van der Waals surface area contributed by atoms with Gasteiger partial charge in [-0.15, -0.1) is 0 Å². The number of phenolic OH excluding ortho intramolecular Hbond substituents is 1. The van der Waals surface area contributed by atoms with Crippen molar-refractivity contribution < 1.29 is 9.90 Å². The third kappa shape index (κ3) is 3.10. The van der Waals surface area contributed by atoms with E-state index in [0.717, 1.165) is 16.4 Å². The van der Waals surface area contributed by atoms with E-state index in [9.17, 15) is 9.90 Å². The van der Waals surface area contributed by atoms with Crippen molar-refractivity contribution in [2.75, 3.05) is 6.54 Å². The lowest BCUT2D eigenvalue weighted by Crippen LogP contribution is -2.41. The van der Waals surface area contributed by atoms with E-state index >= 15 is 0 Å². The zero-order valence-corrected chi connectivity index (χ0v) is 11.5. The molecule has 0 saturated heterocycles. The number of nitrogens with two attached hydrogens (primary N) is 1. The highest BCUT2D eigenvalue weighted by atomic mass is 127. The van der Waals surface area contributed by atoms with Gasteiger partial charge in [0.05, 0.1) is 3.57 Å². The lowest BCUT2D eigenvalue weighted by Gasteiger charge is -2.16. The molecule has 0 heterocycles. The van der Waals surface area contributed by atoms with Crippen LogP contribution in [0.15, 0.2) is 18.2 Å². The average molecular weight is 346 g/mol. The molecule has 2 rings (SSSR count). The minimum Gasteiger partial charge on any atom is -0.507 e. The van der Waals surface area contributed by atoms with Crippen LogP contribution in [0, 0.1) is 9.49 Å². The van der Waals surface area contributed by atoms with Gasteiger partial charge in [0.2, 0.25) is 0 Å². The quantitative estimate of drug-likeness (QED) is 0.723. The number of phenols is 1. The molecule has 4 N–H and O–H groups in total. The Labute approximate surface area is 114 Å². The van der Waals surface area contributed by atoms with E-state index < -0.39 is 0 Å². The molecule has 0 aromatic heterocycles. The van der Waals surface area contributed by atoms with Crippen LogP contribution in [0.2, 0.25) is 0 Å². The van der Waals surface area contributed by atoms with Crippen molar-refractivity contribution in [3.05, 3.63) is 27.3 Å². The number of benzene rings is 1. The fraction of sp³-hybridized carbons (Fsp3) is 0.417. The van der Waals surface area contributed by atoms with Gasteiger partial charge in [0.15, 0.2) is 0 Å². The molecule has 4 nitrogen and oxygen atoms in total. The van der Waals surface area contributed by atoms with Gasteiger partial charge in [-0.1, -0.05) is 0 Å². The summed E-state index contributed by atoms with van der Waals surface area (Å²) in [5.74, 6) is 0.495. The monoisotopic (exact) mass is 346 g/mol. The molecule has 0 aliphatic heterocycles. The average Bonchev–Trinajstić information content (AvgIpc) is 3.13. The molecular weight excluding hydrogens is 331 g/mol. The Kier molecular flexibility index (Phi) is 3.88. The molecule has 0 bridgehead atoms. The molecule has 1 fully saturated rings. The van der Waals surface area contributed by atoms with Crippen molar-refractivity contribution in [3.63, 3.8) is 0 Å². The first-order valence-corrected chi connectivity index (χ1v) is 6.69. The Balaban J connectivity index is 2.05. The Morgan fingerprint density at radius 1 is 1.59 bits per heavy atom. The van der Waals surface area contributed by atoms with Gasteiger partial charge >= 0.3 is 0 Å². The highest BCUT2D eigenvalue weighted by molar-refractivity contribution is 14.1. The van der Waals surface area contributed by atoms with E-state index in [2.05, 4.69) is 5.32 Å². The Hall–Kier alpha value is -0.820. The minimum atomic E-state index is -0.168. The zero-order chi connectivity index (χ0) is 12.4. The van der Waals surface area contributed by atoms with Crippen LogP contribution in [-0.2, 0) is 0 Å². The van der Waals surface area contributed by atoms with Gasteiger partial charge in [-0.25, -0.2) is 0 Å². The number of halogens is 1. The predicted molar refractivity (Wildman–Crippen MR) is 73.9 cm³/mol. The topological polar surface area (TPSA) is 75.3 Å².